The first kappa shape index (κ1) is 13.0. The first-order valence-corrected chi connectivity index (χ1v) is 6.99. The van der Waals surface area contributed by atoms with Crippen LogP contribution < -0.4 is 0 Å². The lowest BCUT2D eigenvalue weighted by Gasteiger charge is -2.04. The minimum Gasteiger partial charge on any atom is -0.359 e. The smallest absolute Gasteiger partial charge is 0.115 e. The molecule has 98 valence electrons. The molecule has 2 atom stereocenters. The number of benzene rings is 2. The summed E-state index contributed by atoms with van der Waals surface area (Å²) in [6, 6.07) is 12.1. The molecule has 0 saturated carbocycles. The second-order valence-electron chi connectivity index (χ2n) is 5.03. The Kier molecular flexibility index (Phi) is 3.30. The molecular weight excluding hydrogens is 279 g/mol. The van der Waals surface area contributed by atoms with Gasteiger partial charge in [-0.25, -0.2) is 0 Å². The normalized spacial score (nSPS) is 21.5. The molecule has 0 aromatic heterocycles. The maximum atomic E-state index is 6.27. The summed E-state index contributed by atoms with van der Waals surface area (Å²) in [5.41, 5.74) is 4.38. The Morgan fingerprint density at radius 2 is 1.21 bits per heavy atom. The third-order valence-electron chi connectivity index (χ3n) is 3.42. The second kappa shape index (κ2) is 4.82. The zero-order chi connectivity index (χ0) is 13.6. The third-order valence-corrected chi connectivity index (χ3v) is 4.07. The van der Waals surface area contributed by atoms with Crippen LogP contribution in [-0.2, 0) is 4.74 Å². The van der Waals surface area contributed by atoms with Gasteiger partial charge in [-0.2, -0.15) is 0 Å². The van der Waals surface area contributed by atoms with Crippen molar-refractivity contribution in [2.24, 2.45) is 0 Å². The fraction of sp³-hybridized carbons (Fsp3) is 0.250. The SMILES string of the molecule is Cc1ccc(C2OC2c2ccc(C)cc2Cl)c(Cl)c1. The highest BCUT2D eigenvalue weighted by Gasteiger charge is 2.43. The summed E-state index contributed by atoms with van der Waals surface area (Å²) >= 11 is 12.5. The summed E-state index contributed by atoms with van der Waals surface area (Å²) in [5.74, 6) is 0. The van der Waals surface area contributed by atoms with Crippen LogP contribution in [0.2, 0.25) is 10.0 Å². The first-order chi connectivity index (χ1) is 9.06. The van der Waals surface area contributed by atoms with E-state index in [4.69, 9.17) is 27.9 Å². The quantitative estimate of drug-likeness (QED) is 0.673. The van der Waals surface area contributed by atoms with E-state index in [1.165, 1.54) is 0 Å². The summed E-state index contributed by atoms with van der Waals surface area (Å²) in [4.78, 5) is 0. The van der Waals surface area contributed by atoms with Gasteiger partial charge >= 0.3 is 0 Å². The largest absolute Gasteiger partial charge is 0.359 e. The molecule has 0 aliphatic carbocycles. The Morgan fingerprint density at radius 3 is 1.58 bits per heavy atom. The molecule has 0 amide bonds. The van der Waals surface area contributed by atoms with E-state index >= 15 is 0 Å². The summed E-state index contributed by atoms with van der Waals surface area (Å²) in [6.45, 7) is 4.05. The van der Waals surface area contributed by atoms with Crippen molar-refractivity contribution >= 4 is 23.2 Å². The zero-order valence-corrected chi connectivity index (χ0v) is 12.3. The minimum atomic E-state index is 0.0216. The lowest BCUT2D eigenvalue weighted by atomic mass is 10.0. The molecule has 0 spiro atoms. The number of hydrogen-bond donors (Lipinski definition) is 0. The summed E-state index contributed by atoms with van der Waals surface area (Å²) in [6.07, 6.45) is 0.0432. The van der Waals surface area contributed by atoms with Crippen LogP contribution in [0.25, 0.3) is 0 Å². The van der Waals surface area contributed by atoms with Crippen LogP contribution in [0.4, 0.5) is 0 Å². The topological polar surface area (TPSA) is 12.5 Å². The zero-order valence-electron chi connectivity index (χ0n) is 10.8. The average Bonchev–Trinajstić information content (AvgIpc) is 3.08. The first-order valence-electron chi connectivity index (χ1n) is 6.24. The van der Waals surface area contributed by atoms with Gasteiger partial charge in [-0.3, -0.25) is 0 Å². The van der Waals surface area contributed by atoms with E-state index in [0.29, 0.717) is 0 Å². The van der Waals surface area contributed by atoms with Crippen LogP contribution in [0.15, 0.2) is 36.4 Å². The summed E-state index contributed by atoms with van der Waals surface area (Å²) < 4.78 is 5.76. The van der Waals surface area contributed by atoms with Crippen LogP contribution in [0, 0.1) is 13.8 Å². The molecule has 1 aliphatic rings. The highest BCUT2D eigenvalue weighted by molar-refractivity contribution is 6.32. The molecule has 2 aromatic rings. The Labute approximate surface area is 123 Å². The molecular formula is C16H14Cl2O. The lowest BCUT2D eigenvalue weighted by Crippen LogP contribution is -1.88. The molecule has 1 aliphatic heterocycles. The van der Waals surface area contributed by atoms with Crippen molar-refractivity contribution in [3.8, 4) is 0 Å². The van der Waals surface area contributed by atoms with Crippen molar-refractivity contribution < 1.29 is 4.74 Å². The summed E-state index contributed by atoms with van der Waals surface area (Å²) in [5, 5.41) is 1.52. The molecule has 3 rings (SSSR count). The molecule has 1 fully saturated rings. The Hall–Kier alpha value is -1.02. The predicted octanol–water partition coefficient (Wildman–Crippen LogP) is 5.42. The van der Waals surface area contributed by atoms with Crippen molar-refractivity contribution in [1.82, 2.24) is 0 Å². The fourth-order valence-electron chi connectivity index (χ4n) is 2.31. The molecule has 0 bridgehead atoms. The maximum absolute atomic E-state index is 6.27. The van der Waals surface area contributed by atoms with E-state index in [0.717, 1.165) is 32.3 Å². The Morgan fingerprint density at radius 1 is 0.789 bits per heavy atom. The van der Waals surface area contributed by atoms with E-state index < -0.39 is 0 Å². The number of halogens is 2. The van der Waals surface area contributed by atoms with Crippen LogP contribution in [0.1, 0.15) is 34.5 Å². The second-order valence-corrected chi connectivity index (χ2v) is 5.84. The number of epoxide rings is 1. The van der Waals surface area contributed by atoms with E-state index in [1.54, 1.807) is 0 Å². The highest BCUT2D eigenvalue weighted by atomic mass is 35.5. The van der Waals surface area contributed by atoms with Gasteiger partial charge in [0.25, 0.3) is 0 Å². The van der Waals surface area contributed by atoms with E-state index in [2.05, 4.69) is 12.1 Å². The molecule has 0 radical (unpaired) electrons. The van der Waals surface area contributed by atoms with Gasteiger partial charge in [0, 0.05) is 21.2 Å². The van der Waals surface area contributed by atoms with Crippen molar-refractivity contribution in [2.45, 2.75) is 26.1 Å². The Balaban J connectivity index is 1.88. The van der Waals surface area contributed by atoms with Gasteiger partial charge in [0.05, 0.1) is 0 Å². The van der Waals surface area contributed by atoms with Crippen LogP contribution in [0.5, 0.6) is 0 Å². The van der Waals surface area contributed by atoms with Gasteiger partial charge < -0.3 is 4.74 Å². The van der Waals surface area contributed by atoms with Gasteiger partial charge in [0.2, 0.25) is 0 Å². The van der Waals surface area contributed by atoms with Gasteiger partial charge in [0.1, 0.15) is 12.2 Å². The average molecular weight is 293 g/mol. The molecule has 0 N–H and O–H groups in total. The standard InChI is InChI=1S/C16H14Cl2O/c1-9-3-5-11(13(17)7-9)15-16(19-15)12-6-4-10(2)8-14(12)18/h3-8,15-16H,1-2H3. The van der Waals surface area contributed by atoms with E-state index in [1.807, 2.05) is 38.1 Å². The van der Waals surface area contributed by atoms with E-state index in [-0.39, 0.29) is 12.2 Å². The van der Waals surface area contributed by atoms with E-state index in [9.17, 15) is 0 Å². The molecule has 1 heterocycles. The van der Waals surface area contributed by atoms with Crippen LogP contribution >= 0.6 is 23.2 Å². The number of rotatable bonds is 2. The number of ether oxygens (including phenoxy) is 1. The number of hydrogen-bond acceptors (Lipinski definition) is 1. The van der Waals surface area contributed by atoms with Crippen molar-refractivity contribution in [3.63, 3.8) is 0 Å². The predicted molar refractivity (Wildman–Crippen MR) is 78.9 cm³/mol. The van der Waals surface area contributed by atoms with Crippen molar-refractivity contribution in [2.75, 3.05) is 0 Å². The molecule has 3 heteroatoms. The molecule has 1 saturated heterocycles. The summed E-state index contributed by atoms with van der Waals surface area (Å²) in [7, 11) is 0. The van der Waals surface area contributed by atoms with Crippen LogP contribution in [0.3, 0.4) is 0 Å². The Bertz CT molecular complexity index is 581. The lowest BCUT2D eigenvalue weighted by molar-refractivity contribution is 0.378. The maximum Gasteiger partial charge on any atom is 0.115 e. The monoisotopic (exact) mass is 292 g/mol. The van der Waals surface area contributed by atoms with Crippen molar-refractivity contribution in [3.05, 3.63) is 68.7 Å². The molecule has 19 heavy (non-hydrogen) atoms. The van der Waals surface area contributed by atoms with Crippen LogP contribution in [-0.4, -0.2) is 0 Å². The molecule has 2 aromatic carbocycles. The van der Waals surface area contributed by atoms with Gasteiger partial charge in [-0.1, -0.05) is 47.5 Å². The minimum absolute atomic E-state index is 0.0216. The fourth-order valence-corrected chi connectivity index (χ4v) is 3.00. The third kappa shape index (κ3) is 2.51. The highest BCUT2D eigenvalue weighted by Crippen LogP contribution is 2.54. The molecule has 1 nitrogen and oxygen atoms in total. The molecule has 2 unspecified atom stereocenters. The van der Waals surface area contributed by atoms with Crippen molar-refractivity contribution in [1.29, 1.82) is 0 Å². The van der Waals surface area contributed by atoms with Gasteiger partial charge in [-0.15, -0.1) is 0 Å². The number of aryl methyl sites for hydroxylation is 2. The van der Waals surface area contributed by atoms with Gasteiger partial charge in [-0.05, 0) is 37.1 Å². The van der Waals surface area contributed by atoms with Gasteiger partial charge in [0.15, 0.2) is 0 Å².